The van der Waals surface area contributed by atoms with Crippen LogP contribution in [-0.4, -0.2) is 43.0 Å². The van der Waals surface area contributed by atoms with Crippen molar-refractivity contribution in [1.29, 1.82) is 0 Å². The third-order valence-corrected chi connectivity index (χ3v) is 4.69. The predicted octanol–water partition coefficient (Wildman–Crippen LogP) is 3.00. The molecule has 2 aromatic rings. The Kier molecular flexibility index (Phi) is 6.57. The van der Waals surface area contributed by atoms with Gasteiger partial charge in [0.15, 0.2) is 5.76 Å². The van der Waals surface area contributed by atoms with Gasteiger partial charge in [-0.15, -0.1) is 0 Å². The number of nitrogens with one attached hydrogen (secondary N) is 1. The molecule has 0 saturated carbocycles. The van der Waals surface area contributed by atoms with Gasteiger partial charge in [0.2, 0.25) is 5.91 Å². The highest BCUT2D eigenvalue weighted by atomic mass is 16.5. The molecule has 7 nitrogen and oxygen atoms in total. The molecule has 1 atom stereocenters. The molecule has 0 aliphatic carbocycles. The summed E-state index contributed by atoms with van der Waals surface area (Å²) in [6, 6.07) is 9.92. The van der Waals surface area contributed by atoms with Crippen molar-refractivity contribution in [2.24, 2.45) is 0 Å². The maximum Gasteiger partial charge on any atom is 0.287 e. The SMILES string of the molecule is COc1cccc(OCc2ccc(C(=O)N[C@H](C)C(=O)N3CCCCC3)o2)c1. The van der Waals surface area contributed by atoms with Crippen molar-refractivity contribution in [2.75, 3.05) is 20.2 Å². The van der Waals surface area contributed by atoms with Gasteiger partial charge in [-0.1, -0.05) is 6.07 Å². The maximum absolute atomic E-state index is 12.4. The van der Waals surface area contributed by atoms with Crippen LogP contribution in [0.4, 0.5) is 0 Å². The van der Waals surface area contributed by atoms with Crippen LogP contribution in [0.2, 0.25) is 0 Å². The number of hydrogen-bond acceptors (Lipinski definition) is 5. The molecule has 1 saturated heterocycles. The lowest BCUT2D eigenvalue weighted by molar-refractivity contribution is -0.133. The summed E-state index contributed by atoms with van der Waals surface area (Å²) in [5.41, 5.74) is 0. The molecule has 3 rings (SSSR count). The molecule has 2 amide bonds. The van der Waals surface area contributed by atoms with Gasteiger partial charge in [-0.25, -0.2) is 0 Å². The number of rotatable bonds is 7. The van der Waals surface area contributed by atoms with E-state index < -0.39 is 11.9 Å². The molecule has 7 heteroatoms. The van der Waals surface area contributed by atoms with E-state index >= 15 is 0 Å². The van der Waals surface area contributed by atoms with E-state index in [0.29, 0.717) is 17.3 Å². The highest BCUT2D eigenvalue weighted by Crippen LogP contribution is 2.20. The van der Waals surface area contributed by atoms with Crippen LogP contribution < -0.4 is 14.8 Å². The van der Waals surface area contributed by atoms with E-state index in [9.17, 15) is 9.59 Å². The molecule has 150 valence electrons. The van der Waals surface area contributed by atoms with Crippen molar-refractivity contribution >= 4 is 11.8 Å². The number of hydrogen-bond donors (Lipinski definition) is 1. The molecular weight excluding hydrogens is 360 g/mol. The first-order chi connectivity index (χ1) is 13.6. The van der Waals surface area contributed by atoms with E-state index in [1.54, 1.807) is 32.2 Å². The van der Waals surface area contributed by atoms with Crippen LogP contribution in [0.25, 0.3) is 0 Å². The molecule has 1 aromatic carbocycles. The number of carbonyl (C=O) groups excluding carboxylic acids is 2. The van der Waals surface area contributed by atoms with E-state index in [1.165, 1.54) is 0 Å². The van der Waals surface area contributed by atoms with Gasteiger partial charge < -0.3 is 24.1 Å². The Balaban J connectivity index is 1.52. The molecule has 1 N–H and O–H groups in total. The van der Waals surface area contributed by atoms with E-state index in [1.807, 2.05) is 23.1 Å². The molecule has 2 heterocycles. The molecule has 0 spiro atoms. The lowest BCUT2D eigenvalue weighted by Gasteiger charge is -2.29. The number of benzene rings is 1. The Bertz CT molecular complexity index is 811. The van der Waals surface area contributed by atoms with Gasteiger partial charge in [-0.2, -0.15) is 0 Å². The van der Waals surface area contributed by atoms with Crippen LogP contribution in [-0.2, 0) is 11.4 Å². The fourth-order valence-electron chi connectivity index (χ4n) is 3.14. The van der Waals surface area contributed by atoms with Crippen molar-refractivity contribution in [2.45, 2.75) is 38.8 Å². The second-order valence-corrected chi connectivity index (χ2v) is 6.81. The predicted molar refractivity (Wildman–Crippen MR) is 103 cm³/mol. The van der Waals surface area contributed by atoms with Crippen molar-refractivity contribution in [1.82, 2.24) is 10.2 Å². The average Bonchev–Trinajstić information content (AvgIpc) is 3.21. The zero-order valence-corrected chi connectivity index (χ0v) is 16.3. The third-order valence-electron chi connectivity index (χ3n) is 4.69. The van der Waals surface area contributed by atoms with Crippen molar-refractivity contribution in [3.05, 3.63) is 47.9 Å². The first-order valence-electron chi connectivity index (χ1n) is 9.52. The second-order valence-electron chi connectivity index (χ2n) is 6.81. The molecule has 1 aliphatic heterocycles. The van der Waals surface area contributed by atoms with E-state index in [2.05, 4.69) is 5.32 Å². The molecule has 0 radical (unpaired) electrons. The topological polar surface area (TPSA) is 81.0 Å². The second kappa shape index (κ2) is 9.30. The zero-order valence-electron chi connectivity index (χ0n) is 16.3. The minimum atomic E-state index is -0.591. The summed E-state index contributed by atoms with van der Waals surface area (Å²) in [7, 11) is 1.59. The largest absolute Gasteiger partial charge is 0.497 e. The number of ether oxygens (including phenoxy) is 2. The zero-order chi connectivity index (χ0) is 19.9. The van der Waals surface area contributed by atoms with Crippen LogP contribution in [0.1, 0.15) is 42.5 Å². The normalized spacial score (nSPS) is 15.0. The molecule has 28 heavy (non-hydrogen) atoms. The highest BCUT2D eigenvalue weighted by Gasteiger charge is 2.24. The summed E-state index contributed by atoms with van der Waals surface area (Å²) in [6.07, 6.45) is 3.18. The minimum Gasteiger partial charge on any atom is -0.497 e. The van der Waals surface area contributed by atoms with Gasteiger partial charge in [0.1, 0.15) is 29.9 Å². The Morgan fingerprint density at radius 3 is 2.64 bits per heavy atom. The summed E-state index contributed by atoms with van der Waals surface area (Å²) in [5, 5.41) is 2.71. The molecule has 0 unspecified atom stereocenters. The first-order valence-corrected chi connectivity index (χ1v) is 9.52. The van der Waals surface area contributed by atoms with Gasteiger partial charge in [-0.3, -0.25) is 9.59 Å². The van der Waals surface area contributed by atoms with E-state index in [-0.39, 0.29) is 18.3 Å². The van der Waals surface area contributed by atoms with Crippen LogP contribution in [0.3, 0.4) is 0 Å². The van der Waals surface area contributed by atoms with Crippen molar-refractivity contribution in [3.63, 3.8) is 0 Å². The highest BCUT2D eigenvalue weighted by molar-refractivity contribution is 5.95. The quantitative estimate of drug-likeness (QED) is 0.791. The molecule has 1 aliphatic rings. The van der Waals surface area contributed by atoms with Crippen LogP contribution >= 0.6 is 0 Å². The Morgan fingerprint density at radius 2 is 1.89 bits per heavy atom. The van der Waals surface area contributed by atoms with Crippen LogP contribution in [0.5, 0.6) is 11.5 Å². The molecule has 1 aromatic heterocycles. The monoisotopic (exact) mass is 386 g/mol. The summed E-state index contributed by atoms with van der Waals surface area (Å²) in [4.78, 5) is 26.6. The van der Waals surface area contributed by atoms with Gasteiger partial charge >= 0.3 is 0 Å². The Labute approximate surface area is 164 Å². The molecule has 0 bridgehead atoms. The summed E-state index contributed by atoms with van der Waals surface area (Å²) >= 11 is 0. The smallest absolute Gasteiger partial charge is 0.287 e. The number of piperidine rings is 1. The summed E-state index contributed by atoms with van der Waals surface area (Å²) < 4.78 is 16.4. The van der Waals surface area contributed by atoms with Gasteiger partial charge in [0.25, 0.3) is 5.91 Å². The van der Waals surface area contributed by atoms with Crippen LogP contribution in [0, 0.1) is 0 Å². The fraction of sp³-hybridized carbons (Fsp3) is 0.429. The maximum atomic E-state index is 12.4. The van der Waals surface area contributed by atoms with Gasteiger partial charge in [0, 0.05) is 19.2 Å². The lowest BCUT2D eigenvalue weighted by Crippen LogP contribution is -2.48. The minimum absolute atomic E-state index is 0.0545. The molecular formula is C21H26N2O5. The van der Waals surface area contributed by atoms with Gasteiger partial charge in [-0.05, 0) is 50.5 Å². The number of likely N-dealkylation sites (tertiary alicyclic amines) is 1. The number of carbonyl (C=O) groups is 2. The van der Waals surface area contributed by atoms with E-state index in [4.69, 9.17) is 13.9 Å². The summed E-state index contributed by atoms with van der Waals surface area (Å²) in [5.74, 6) is 1.55. The van der Waals surface area contributed by atoms with Gasteiger partial charge in [0.05, 0.1) is 7.11 Å². The Morgan fingerprint density at radius 1 is 1.14 bits per heavy atom. The number of methoxy groups -OCH3 is 1. The molecule has 1 fully saturated rings. The Hall–Kier alpha value is -2.96. The third kappa shape index (κ3) is 5.06. The van der Waals surface area contributed by atoms with Crippen LogP contribution in [0.15, 0.2) is 40.8 Å². The number of amides is 2. The lowest BCUT2D eigenvalue weighted by atomic mass is 10.1. The average molecular weight is 386 g/mol. The summed E-state index contributed by atoms with van der Waals surface area (Å²) in [6.45, 7) is 3.39. The van der Waals surface area contributed by atoms with Crippen molar-refractivity contribution in [3.8, 4) is 11.5 Å². The fourth-order valence-corrected chi connectivity index (χ4v) is 3.14. The standard InChI is InChI=1S/C21H26N2O5/c1-15(21(25)23-11-4-3-5-12-23)22-20(24)19-10-9-18(28-19)14-27-17-8-6-7-16(13-17)26-2/h6-10,13,15H,3-5,11-12,14H2,1-2H3,(H,22,24)/t15-/m1/s1. The van der Waals surface area contributed by atoms with Crippen molar-refractivity contribution < 1.29 is 23.5 Å². The number of nitrogens with zero attached hydrogens (tertiary/aromatic N) is 1. The van der Waals surface area contributed by atoms with E-state index in [0.717, 1.165) is 32.4 Å². The first kappa shape index (κ1) is 19.8. The number of furan rings is 1.